The molecule has 72 valence electrons. The van der Waals surface area contributed by atoms with Gasteiger partial charge in [-0.3, -0.25) is 4.79 Å². The molecule has 0 rings (SSSR count). The Hall–Kier alpha value is 0.330. The van der Waals surface area contributed by atoms with Crippen molar-refractivity contribution < 1.29 is 9.53 Å². The minimum Gasteiger partial charge on any atom is -0.380 e. The van der Waals surface area contributed by atoms with E-state index in [0.29, 0.717) is 13.2 Å². The molecule has 4 heteroatoms. The number of thioether (sulfide) groups is 1. The van der Waals surface area contributed by atoms with Crippen LogP contribution in [0, 0.1) is 5.92 Å². The summed E-state index contributed by atoms with van der Waals surface area (Å²) in [6.07, 6.45) is 0. The zero-order valence-corrected chi connectivity index (χ0v) is 9.29. The maximum atomic E-state index is 11.1. The van der Waals surface area contributed by atoms with Gasteiger partial charge in [-0.1, -0.05) is 25.6 Å². The molecule has 0 aliphatic rings. The van der Waals surface area contributed by atoms with E-state index in [9.17, 15) is 4.79 Å². The number of hydrogen-bond donors (Lipinski definition) is 1. The molecule has 0 unspecified atom stereocenters. The second kappa shape index (κ2) is 7.95. The van der Waals surface area contributed by atoms with Gasteiger partial charge in [0, 0.05) is 17.4 Å². The average Bonchev–Trinajstić information content (AvgIpc) is 2.03. The highest BCUT2D eigenvalue weighted by Gasteiger charge is 2.06. The molecule has 0 aliphatic heterocycles. The van der Waals surface area contributed by atoms with Crippen molar-refractivity contribution in [1.82, 2.24) is 0 Å². The second-order valence-corrected chi connectivity index (χ2v) is 4.20. The highest BCUT2D eigenvalue weighted by Crippen LogP contribution is 2.09. The Morgan fingerprint density at radius 1 is 1.50 bits per heavy atom. The van der Waals surface area contributed by atoms with Crippen LogP contribution in [0.1, 0.15) is 13.8 Å². The topological polar surface area (TPSA) is 26.3 Å². The molecule has 0 radical (unpaired) electrons. The van der Waals surface area contributed by atoms with E-state index >= 15 is 0 Å². The van der Waals surface area contributed by atoms with Gasteiger partial charge in [-0.2, -0.15) is 12.6 Å². The van der Waals surface area contributed by atoms with Crippen molar-refractivity contribution in [2.24, 2.45) is 5.92 Å². The summed E-state index contributed by atoms with van der Waals surface area (Å²) in [5.74, 6) is 1.62. The maximum Gasteiger partial charge on any atom is 0.191 e. The summed E-state index contributed by atoms with van der Waals surface area (Å²) in [5.41, 5.74) is 0. The van der Waals surface area contributed by atoms with Crippen LogP contribution < -0.4 is 0 Å². The highest BCUT2D eigenvalue weighted by molar-refractivity contribution is 8.13. The number of hydrogen-bond acceptors (Lipinski definition) is 4. The Morgan fingerprint density at radius 3 is 2.67 bits per heavy atom. The summed E-state index contributed by atoms with van der Waals surface area (Å²) >= 11 is 5.34. The lowest BCUT2D eigenvalue weighted by Gasteiger charge is -2.03. The Labute approximate surface area is 83.8 Å². The van der Waals surface area contributed by atoms with Crippen LogP contribution >= 0.6 is 24.4 Å². The molecule has 0 N–H and O–H groups in total. The molecule has 0 aromatic heterocycles. The van der Waals surface area contributed by atoms with E-state index in [2.05, 4.69) is 12.6 Å². The van der Waals surface area contributed by atoms with Crippen LogP contribution in [0.3, 0.4) is 0 Å². The fourth-order valence-corrected chi connectivity index (χ4v) is 1.40. The Bertz CT molecular complexity index is 126. The smallest absolute Gasteiger partial charge is 0.191 e. The van der Waals surface area contributed by atoms with Crippen molar-refractivity contribution in [3.63, 3.8) is 0 Å². The molecule has 0 fully saturated rings. The standard InChI is InChI=1S/C8H16O2S2/c1-7(2)8(9)12-6-4-10-3-5-11/h7,11H,3-6H2,1-2H3. The predicted octanol–water partition coefficient (Wildman–Crippen LogP) is 1.85. The van der Waals surface area contributed by atoms with E-state index in [4.69, 9.17) is 4.74 Å². The Kier molecular flexibility index (Phi) is 8.17. The van der Waals surface area contributed by atoms with Crippen LogP contribution in [0.15, 0.2) is 0 Å². The van der Waals surface area contributed by atoms with Crippen molar-refractivity contribution in [2.75, 3.05) is 24.7 Å². The van der Waals surface area contributed by atoms with Crippen LogP contribution in [0.4, 0.5) is 0 Å². The van der Waals surface area contributed by atoms with E-state index in [0.717, 1.165) is 11.5 Å². The summed E-state index contributed by atoms with van der Waals surface area (Å²) in [7, 11) is 0. The van der Waals surface area contributed by atoms with Crippen molar-refractivity contribution in [3.8, 4) is 0 Å². The quantitative estimate of drug-likeness (QED) is 0.533. The molecule has 0 atom stereocenters. The molecule has 0 aliphatic carbocycles. The van der Waals surface area contributed by atoms with E-state index in [-0.39, 0.29) is 11.0 Å². The van der Waals surface area contributed by atoms with E-state index in [1.807, 2.05) is 13.8 Å². The van der Waals surface area contributed by atoms with Crippen LogP contribution in [0.5, 0.6) is 0 Å². The zero-order chi connectivity index (χ0) is 9.40. The second-order valence-electron chi connectivity index (χ2n) is 2.66. The van der Waals surface area contributed by atoms with Gasteiger partial charge in [-0.25, -0.2) is 0 Å². The van der Waals surface area contributed by atoms with Gasteiger partial charge in [0.15, 0.2) is 5.12 Å². The molecule has 0 spiro atoms. The number of carbonyl (C=O) groups is 1. The van der Waals surface area contributed by atoms with Gasteiger partial charge in [-0.15, -0.1) is 0 Å². The van der Waals surface area contributed by atoms with Gasteiger partial charge < -0.3 is 4.74 Å². The van der Waals surface area contributed by atoms with Crippen LogP contribution in [-0.4, -0.2) is 29.8 Å². The van der Waals surface area contributed by atoms with Crippen molar-refractivity contribution in [3.05, 3.63) is 0 Å². The summed E-state index contributed by atoms with van der Waals surface area (Å²) in [4.78, 5) is 11.1. The lowest BCUT2D eigenvalue weighted by Crippen LogP contribution is -2.06. The third-order valence-corrected chi connectivity index (χ3v) is 2.49. The summed E-state index contributed by atoms with van der Waals surface area (Å²) < 4.78 is 5.16. The van der Waals surface area contributed by atoms with Crippen LogP contribution in [0.2, 0.25) is 0 Å². The maximum absolute atomic E-state index is 11.1. The summed E-state index contributed by atoms with van der Waals surface area (Å²) in [5, 5.41) is 0.240. The van der Waals surface area contributed by atoms with E-state index in [1.54, 1.807) is 0 Å². The predicted molar refractivity (Wildman–Crippen MR) is 57.0 cm³/mol. The highest BCUT2D eigenvalue weighted by atomic mass is 32.2. The van der Waals surface area contributed by atoms with Crippen LogP contribution in [-0.2, 0) is 9.53 Å². The average molecular weight is 208 g/mol. The van der Waals surface area contributed by atoms with Crippen molar-refractivity contribution >= 4 is 29.5 Å². The first-order valence-corrected chi connectivity index (χ1v) is 5.65. The number of carbonyl (C=O) groups excluding carboxylic acids is 1. The van der Waals surface area contributed by atoms with Gasteiger partial charge in [0.1, 0.15) is 0 Å². The first-order chi connectivity index (χ1) is 5.68. The summed E-state index contributed by atoms with van der Waals surface area (Å²) in [6.45, 7) is 5.12. The van der Waals surface area contributed by atoms with Crippen molar-refractivity contribution in [2.45, 2.75) is 13.8 Å². The first kappa shape index (κ1) is 12.3. The molecule has 0 amide bonds. The van der Waals surface area contributed by atoms with Gasteiger partial charge >= 0.3 is 0 Å². The van der Waals surface area contributed by atoms with Gasteiger partial charge in [-0.05, 0) is 0 Å². The van der Waals surface area contributed by atoms with Crippen molar-refractivity contribution in [1.29, 1.82) is 0 Å². The molecule has 2 nitrogen and oxygen atoms in total. The molecule has 0 bridgehead atoms. The SMILES string of the molecule is CC(C)C(=O)SCCOCCS. The fraction of sp³-hybridized carbons (Fsp3) is 0.875. The van der Waals surface area contributed by atoms with Gasteiger partial charge in [0.25, 0.3) is 0 Å². The molecular formula is C8H16O2S2. The lowest BCUT2D eigenvalue weighted by atomic mass is 10.3. The van der Waals surface area contributed by atoms with Gasteiger partial charge in [0.05, 0.1) is 13.2 Å². The Balaban J connectivity index is 3.14. The summed E-state index contributed by atoms with van der Waals surface area (Å²) in [6, 6.07) is 0. The fourth-order valence-electron chi connectivity index (χ4n) is 0.534. The third kappa shape index (κ3) is 7.00. The molecule has 0 aromatic rings. The minimum absolute atomic E-state index is 0.125. The molecular weight excluding hydrogens is 192 g/mol. The third-order valence-electron chi connectivity index (χ3n) is 1.18. The largest absolute Gasteiger partial charge is 0.380 e. The lowest BCUT2D eigenvalue weighted by molar-refractivity contribution is -0.113. The van der Waals surface area contributed by atoms with E-state index < -0.39 is 0 Å². The first-order valence-electron chi connectivity index (χ1n) is 4.03. The Morgan fingerprint density at radius 2 is 2.17 bits per heavy atom. The number of rotatable bonds is 6. The van der Waals surface area contributed by atoms with Crippen LogP contribution in [0.25, 0.3) is 0 Å². The van der Waals surface area contributed by atoms with E-state index in [1.165, 1.54) is 11.8 Å². The molecule has 0 saturated carbocycles. The molecule has 12 heavy (non-hydrogen) atoms. The minimum atomic E-state index is 0.125. The van der Waals surface area contributed by atoms with Gasteiger partial charge in [0.2, 0.25) is 0 Å². The molecule has 0 heterocycles. The number of thiol groups is 1. The molecule has 0 saturated heterocycles. The number of ether oxygens (including phenoxy) is 1. The normalized spacial score (nSPS) is 10.7. The zero-order valence-electron chi connectivity index (χ0n) is 7.58. The monoisotopic (exact) mass is 208 g/mol. The molecule has 0 aromatic carbocycles.